The number of anilines is 2. The van der Waals surface area contributed by atoms with E-state index in [0.717, 1.165) is 13.1 Å². The molecule has 0 heterocycles. The molecule has 2 rings (SSSR count). The summed E-state index contributed by atoms with van der Waals surface area (Å²) in [5, 5.41) is 6.96. The van der Waals surface area contributed by atoms with Gasteiger partial charge in [-0.2, -0.15) is 0 Å². The number of nitrogens with one attached hydrogen (secondary N) is 2. The predicted molar refractivity (Wildman–Crippen MR) is 88.8 cm³/mol. The van der Waals surface area contributed by atoms with Crippen molar-refractivity contribution in [2.45, 2.75) is 27.7 Å². The van der Waals surface area contributed by atoms with Gasteiger partial charge in [-0.15, -0.1) is 0 Å². The third-order valence-corrected chi connectivity index (χ3v) is 3.60. The van der Waals surface area contributed by atoms with E-state index in [9.17, 15) is 0 Å². The number of aryl methyl sites for hydroxylation is 3. The highest BCUT2D eigenvalue weighted by Crippen LogP contribution is 2.17. The largest absolute Gasteiger partial charge is 0.383 e. The molecule has 2 heteroatoms. The molecule has 2 aromatic carbocycles. The molecule has 20 heavy (non-hydrogen) atoms. The first-order valence-electron chi connectivity index (χ1n) is 7.18. The fraction of sp³-hybridized carbons (Fsp3) is 0.333. The molecule has 0 aliphatic rings. The molecule has 0 aliphatic heterocycles. The number of hydrogen-bond acceptors (Lipinski definition) is 2. The van der Waals surface area contributed by atoms with Crippen LogP contribution in [0.5, 0.6) is 0 Å². The zero-order valence-electron chi connectivity index (χ0n) is 12.9. The van der Waals surface area contributed by atoms with E-state index < -0.39 is 0 Å². The molecule has 0 radical (unpaired) electrons. The summed E-state index contributed by atoms with van der Waals surface area (Å²) in [5.41, 5.74) is 7.69. The van der Waals surface area contributed by atoms with E-state index in [1.165, 1.54) is 33.6 Å². The van der Waals surface area contributed by atoms with Crippen molar-refractivity contribution < 1.29 is 0 Å². The third kappa shape index (κ3) is 3.77. The Morgan fingerprint density at radius 2 is 1.45 bits per heavy atom. The molecule has 0 aromatic heterocycles. The summed E-state index contributed by atoms with van der Waals surface area (Å²) in [6.07, 6.45) is 0. The second-order valence-corrected chi connectivity index (χ2v) is 5.48. The maximum atomic E-state index is 3.49. The molecule has 0 saturated heterocycles. The summed E-state index contributed by atoms with van der Waals surface area (Å²) >= 11 is 0. The maximum Gasteiger partial charge on any atom is 0.0373 e. The molecule has 2 N–H and O–H groups in total. The minimum absolute atomic E-state index is 0.913. The van der Waals surface area contributed by atoms with Crippen LogP contribution in [-0.2, 0) is 0 Å². The van der Waals surface area contributed by atoms with Crippen LogP contribution in [-0.4, -0.2) is 13.1 Å². The van der Waals surface area contributed by atoms with Crippen molar-refractivity contribution in [3.05, 3.63) is 58.7 Å². The van der Waals surface area contributed by atoms with Crippen LogP contribution in [0.25, 0.3) is 0 Å². The van der Waals surface area contributed by atoms with Crippen molar-refractivity contribution in [1.29, 1.82) is 0 Å². The summed E-state index contributed by atoms with van der Waals surface area (Å²) in [4.78, 5) is 0. The molecule has 0 aliphatic carbocycles. The molecule has 0 saturated carbocycles. The highest BCUT2D eigenvalue weighted by molar-refractivity contribution is 5.54. The van der Waals surface area contributed by atoms with Gasteiger partial charge >= 0.3 is 0 Å². The molecule has 106 valence electrons. The van der Waals surface area contributed by atoms with Crippen LogP contribution >= 0.6 is 0 Å². The molecule has 0 bridgehead atoms. The zero-order chi connectivity index (χ0) is 14.5. The smallest absolute Gasteiger partial charge is 0.0373 e. The van der Waals surface area contributed by atoms with Crippen molar-refractivity contribution in [2.75, 3.05) is 23.7 Å². The molecule has 0 spiro atoms. The minimum Gasteiger partial charge on any atom is -0.383 e. The Morgan fingerprint density at radius 3 is 2.15 bits per heavy atom. The fourth-order valence-electron chi connectivity index (χ4n) is 2.42. The van der Waals surface area contributed by atoms with Gasteiger partial charge in [0.15, 0.2) is 0 Å². The van der Waals surface area contributed by atoms with Crippen LogP contribution in [0.1, 0.15) is 22.3 Å². The van der Waals surface area contributed by atoms with Gasteiger partial charge in [0.2, 0.25) is 0 Å². The SMILES string of the molecule is Cc1cc(C)cc(NCCNc2cccc(C)c2C)c1. The summed E-state index contributed by atoms with van der Waals surface area (Å²) in [7, 11) is 0. The normalized spacial score (nSPS) is 10.4. The Morgan fingerprint density at radius 1 is 0.800 bits per heavy atom. The van der Waals surface area contributed by atoms with E-state index in [0.29, 0.717) is 0 Å². The summed E-state index contributed by atoms with van der Waals surface area (Å²) in [5.74, 6) is 0. The van der Waals surface area contributed by atoms with Crippen LogP contribution in [0.4, 0.5) is 11.4 Å². The van der Waals surface area contributed by atoms with Crippen molar-refractivity contribution in [3.63, 3.8) is 0 Å². The number of hydrogen-bond donors (Lipinski definition) is 2. The lowest BCUT2D eigenvalue weighted by Crippen LogP contribution is -2.14. The average Bonchev–Trinajstić information content (AvgIpc) is 2.38. The maximum absolute atomic E-state index is 3.49. The van der Waals surface area contributed by atoms with E-state index in [-0.39, 0.29) is 0 Å². The van der Waals surface area contributed by atoms with E-state index >= 15 is 0 Å². The molecule has 0 fully saturated rings. The monoisotopic (exact) mass is 268 g/mol. The zero-order valence-corrected chi connectivity index (χ0v) is 12.9. The highest BCUT2D eigenvalue weighted by atomic mass is 14.9. The van der Waals surface area contributed by atoms with Gasteiger partial charge < -0.3 is 10.6 Å². The first kappa shape index (κ1) is 14.4. The number of rotatable bonds is 5. The van der Waals surface area contributed by atoms with Crippen LogP contribution in [0.2, 0.25) is 0 Å². The van der Waals surface area contributed by atoms with Gasteiger partial charge in [-0.05, 0) is 68.1 Å². The van der Waals surface area contributed by atoms with Crippen LogP contribution in [0.15, 0.2) is 36.4 Å². The predicted octanol–water partition coefficient (Wildman–Crippen LogP) is 4.44. The molecule has 2 aromatic rings. The van der Waals surface area contributed by atoms with Crippen molar-refractivity contribution in [3.8, 4) is 0 Å². The summed E-state index contributed by atoms with van der Waals surface area (Å²) in [6.45, 7) is 10.4. The third-order valence-electron chi connectivity index (χ3n) is 3.60. The standard InChI is InChI=1S/C18H24N2/c1-13-10-14(2)12-17(11-13)19-8-9-20-18-7-5-6-15(3)16(18)4/h5-7,10-12,19-20H,8-9H2,1-4H3. The van der Waals surface area contributed by atoms with E-state index in [4.69, 9.17) is 0 Å². The first-order valence-corrected chi connectivity index (χ1v) is 7.18. The second-order valence-electron chi connectivity index (χ2n) is 5.48. The highest BCUT2D eigenvalue weighted by Gasteiger charge is 1.99. The van der Waals surface area contributed by atoms with Crippen molar-refractivity contribution in [1.82, 2.24) is 0 Å². The Balaban J connectivity index is 1.86. The lowest BCUT2D eigenvalue weighted by atomic mass is 10.1. The molecule has 0 atom stereocenters. The van der Waals surface area contributed by atoms with E-state index in [1.54, 1.807) is 0 Å². The quantitative estimate of drug-likeness (QED) is 0.783. The molecule has 0 amide bonds. The molecular formula is C18H24N2. The lowest BCUT2D eigenvalue weighted by molar-refractivity contribution is 1.07. The summed E-state index contributed by atoms with van der Waals surface area (Å²) < 4.78 is 0. The Kier molecular flexibility index (Phi) is 4.67. The molecule has 0 unspecified atom stereocenters. The Bertz CT molecular complexity index is 568. The van der Waals surface area contributed by atoms with Crippen molar-refractivity contribution in [2.24, 2.45) is 0 Å². The van der Waals surface area contributed by atoms with E-state index in [1.807, 2.05) is 0 Å². The van der Waals surface area contributed by atoms with Gasteiger partial charge in [-0.25, -0.2) is 0 Å². The second kappa shape index (κ2) is 6.47. The lowest BCUT2D eigenvalue weighted by Gasteiger charge is -2.13. The summed E-state index contributed by atoms with van der Waals surface area (Å²) in [6, 6.07) is 12.9. The fourth-order valence-corrected chi connectivity index (χ4v) is 2.42. The molecule has 2 nitrogen and oxygen atoms in total. The van der Waals surface area contributed by atoms with Gasteiger partial charge in [0, 0.05) is 24.5 Å². The van der Waals surface area contributed by atoms with Crippen LogP contribution in [0.3, 0.4) is 0 Å². The Hall–Kier alpha value is -1.96. The molecular weight excluding hydrogens is 244 g/mol. The van der Waals surface area contributed by atoms with Gasteiger partial charge in [-0.1, -0.05) is 18.2 Å². The van der Waals surface area contributed by atoms with E-state index in [2.05, 4.69) is 74.7 Å². The van der Waals surface area contributed by atoms with Crippen LogP contribution in [0, 0.1) is 27.7 Å². The average molecular weight is 268 g/mol. The number of benzene rings is 2. The first-order chi connectivity index (χ1) is 9.56. The Labute approximate surface area is 122 Å². The van der Waals surface area contributed by atoms with Gasteiger partial charge in [0.1, 0.15) is 0 Å². The minimum atomic E-state index is 0.913. The van der Waals surface area contributed by atoms with Gasteiger partial charge in [0.25, 0.3) is 0 Å². The van der Waals surface area contributed by atoms with Crippen LogP contribution < -0.4 is 10.6 Å². The van der Waals surface area contributed by atoms with Gasteiger partial charge in [0.05, 0.1) is 0 Å². The van der Waals surface area contributed by atoms with Gasteiger partial charge in [-0.3, -0.25) is 0 Å². The topological polar surface area (TPSA) is 24.1 Å². The van der Waals surface area contributed by atoms with Crippen molar-refractivity contribution >= 4 is 11.4 Å².